The van der Waals surface area contributed by atoms with Gasteiger partial charge in [-0.2, -0.15) is 0 Å². The molecule has 2 saturated heterocycles. The van der Waals surface area contributed by atoms with Crippen LogP contribution in [0.25, 0.3) is 0 Å². The van der Waals surface area contributed by atoms with E-state index in [1.807, 2.05) is 53.4 Å². The minimum Gasteiger partial charge on any atom is -0.495 e. The van der Waals surface area contributed by atoms with Gasteiger partial charge in [0.05, 0.1) is 12.8 Å². The number of ether oxygens (including phenoxy) is 1. The summed E-state index contributed by atoms with van der Waals surface area (Å²) in [5.74, 6) is 2.41. The molecule has 0 bridgehead atoms. The van der Waals surface area contributed by atoms with E-state index >= 15 is 0 Å². The molecule has 1 amide bonds. The number of benzene rings is 3. The lowest BCUT2D eigenvalue weighted by Gasteiger charge is -2.37. The number of hydrogen-bond acceptors (Lipinski definition) is 8. The molecule has 0 N–H and O–H groups in total. The molecule has 2 fully saturated rings. The Morgan fingerprint density at radius 3 is 2.20 bits per heavy atom. The van der Waals surface area contributed by atoms with Crippen molar-refractivity contribution in [3.8, 4) is 5.75 Å². The molecule has 0 radical (unpaired) electrons. The zero-order chi connectivity index (χ0) is 30.5. The van der Waals surface area contributed by atoms with Crippen LogP contribution in [0, 0.1) is 6.92 Å². The van der Waals surface area contributed by atoms with Crippen molar-refractivity contribution >= 4 is 46.5 Å². The maximum absolute atomic E-state index is 13.4. The van der Waals surface area contributed by atoms with Crippen molar-refractivity contribution in [1.29, 1.82) is 0 Å². The third kappa shape index (κ3) is 6.89. The molecule has 0 saturated carbocycles. The van der Waals surface area contributed by atoms with Gasteiger partial charge in [0.2, 0.25) is 0 Å². The van der Waals surface area contributed by atoms with Crippen LogP contribution in [0.4, 0.5) is 17.2 Å². The number of anilines is 3. The fourth-order valence-corrected chi connectivity index (χ4v) is 6.90. The summed E-state index contributed by atoms with van der Waals surface area (Å²) < 4.78 is 5.53. The lowest BCUT2D eigenvalue weighted by Crippen LogP contribution is -2.48. The van der Waals surface area contributed by atoms with Crippen molar-refractivity contribution in [3.63, 3.8) is 0 Å². The largest absolute Gasteiger partial charge is 0.495 e. The summed E-state index contributed by atoms with van der Waals surface area (Å²) in [5.41, 5.74) is 5.40. The van der Waals surface area contributed by atoms with Gasteiger partial charge >= 0.3 is 0 Å². The predicted octanol–water partition coefficient (Wildman–Crippen LogP) is 6.03. The van der Waals surface area contributed by atoms with E-state index < -0.39 is 0 Å². The van der Waals surface area contributed by atoms with Crippen molar-refractivity contribution in [1.82, 2.24) is 14.9 Å². The highest BCUT2D eigenvalue weighted by atomic mass is 35.5. The van der Waals surface area contributed by atoms with E-state index in [1.54, 1.807) is 7.11 Å². The van der Waals surface area contributed by atoms with Crippen LogP contribution >= 0.6 is 23.4 Å². The third-order valence-electron chi connectivity index (χ3n) is 8.26. The van der Waals surface area contributed by atoms with Gasteiger partial charge in [-0.25, -0.2) is 9.97 Å². The molecule has 8 nitrogen and oxygen atoms in total. The lowest BCUT2D eigenvalue weighted by atomic mass is 10.1. The molecule has 10 heteroatoms. The highest BCUT2D eigenvalue weighted by Crippen LogP contribution is 2.30. The standard InChI is InChI=1S/C34H37ClN6O2S/c1-25-8-3-4-11-28(25)38-14-18-40(19-15-38)32-23-31(35)36-34(37-32)44-24-26-9-7-10-27(22-26)33(42)41-20-16-39(17-21-41)29-12-5-6-13-30(29)43-2/h3-13,22-23H,14-21,24H2,1-2H3. The fraction of sp³-hybridized carbons (Fsp3) is 0.324. The van der Waals surface area contributed by atoms with E-state index in [0.717, 1.165) is 62.1 Å². The first-order valence-corrected chi connectivity index (χ1v) is 16.3. The summed E-state index contributed by atoms with van der Waals surface area (Å²) in [7, 11) is 1.69. The van der Waals surface area contributed by atoms with E-state index in [0.29, 0.717) is 34.7 Å². The highest BCUT2D eigenvalue weighted by Gasteiger charge is 2.24. The summed E-state index contributed by atoms with van der Waals surface area (Å²) in [6.45, 7) is 8.57. The molecular formula is C34H37ClN6O2S. The van der Waals surface area contributed by atoms with Crippen LogP contribution in [-0.4, -0.2) is 80.2 Å². The first-order valence-electron chi connectivity index (χ1n) is 15.0. The highest BCUT2D eigenvalue weighted by molar-refractivity contribution is 7.98. The quantitative estimate of drug-likeness (QED) is 0.133. The number of rotatable bonds is 8. The van der Waals surface area contributed by atoms with Gasteiger partial charge < -0.3 is 24.3 Å². The number of carbonyl (C=O) groups excluding carboxylic acids is 1. The summed E-state index contributed by atoms with van der Waals surface area (Å²) in [4.78, 5) is 31.7. The van der Waals surface area contributed by atoms with Crippen LogP contribution in [0.2, 0.25) is 5.15 Å². The number of carbonyl (C=O) groups is 1. The molecule has 3 aromatic carbocycles. The Bertz CT molecular complexity index is 1600. The minimum atomic E-state index is 0.0580. The average Bonchev–Trinajstić information content (AvgIpc) is 3.07. The predicted molar refractivity (Wildman–Crippen MR) is 180 cm³/mol. The zero-order valence-corrected chi connectivity index (χ0v) is 26.7. The Hall–Kier alpha value is -3.95. The van der Waals surface area contributed by atoms with Crippen LogP contribution in [0.1, 0.15) is 21.5 Å². The second kappa shape index (κ2) is 13.8. The maximum Gasteiger partial charge on any atom is 0.253 e. The molecule has 44 heavy (non-hydrogen) atoms. The van der Waals surface area contributed by atoms with Gasteiger partial charge in [0.25, 0.3) is 5.91 Å². The summed E-state index contributed by atoms with van der Waals surface area (Å²) >= 11 is 7.99. The Morgan fingerprint density at radius 2 is 1.45 bits per heavy atom. The lowest BCUT2D eigenvalue weighted by molar-refractivity contribution is 0.0746. The van der Waals surface area contributed by atoms with Crippen molar-refractivity contribution in [2.75, 3.05) is 74.2 Å². The van der Waals surface area contributed by atoms with Gasteiger partial charge in [-0.3, -0.25) is 4.79 Å². The second-order valence-electron chi connectivity index (χ2n) is 11.0. The molecule has 0 atom stereocenters. The van der Waals surface area contributed by atoms with E-state index in [9.17, 15) is 4.79 Å². The molecule has 228 valence electrons. The average molecular weight is 629 g/mol. The molecule has 1 aromatic heterocycles. The van der Waals surface area contributed by atoms with Crippen LogP contribution in [0.15, 0.2) is 84.0 Å². The van der Waals surface area contributed by atoms with Crippen LogP contribution in [-0.2, 0) is 5.75 Å². The Morgan fingerprint density at radius 1 is 0.795 bits per heavy atom. The van der Waals surface area contributed by atoms with Gasteiger partial charge in [-0.1, -0.05) is 65.8 Å². The number of nitrogens with zero attached hydrogens (tertiary/aromatic N) is 6. The monoisotopic (exact) mass is 628 g/mol. The third-order valence-corrected chi connectivity index (χ3v) is 9.37. The van der Waals surface area contributed by atoms with E-state index in [1.165, 1.54) is 23.0 Å². The number of thioether (sulfide) groups is 1. The Kier molecular flexibility index (Phi) is 9.43. The minimum absolute atomic E-state index is 0.0580. The summed E-state index contributed by atoms with van der Waals surface area (Å²) in [5, 5.41) is 1.08. The topological polar surface area (TPSA) is 65.0 Å². The first-order chi connectivity index (χ1) is 21.5. The molecule has 4 aromatic rings. The van der Waals surface area contributed by atoms with E-state index in [4.69, 9.17) is 21.3 Å². The molecule has 2 aliphatic heterocycles. The van der Waals surface area contributed by atoms with E-state index in [-0.39, 0.29) is 5.91 Å². The molecule has 0 unspecified atom stereocenters. The number of para-hydroxylation sites is 3. The Balaban J connectivity index is 1.05. The summed E-state index contributed by atoms with van der Waals surface area (Å²) in [6, 6.07) is 26.3. The van der Waals surface area contributed by atoms with Gasteiger partial charge in [0.15, 0.2) is 5.16 Å². The molecule has 0 spiro atoms. The first kappa shape index (κ1) is 30.1. The van der Waals surface area contributed by atoms with Crippen molar-refractivity contribution in [2.24, 2.45) is 0 Å². The van der Waals surface area contributed by atoms with Crippen molar-refractivity contribution < 1.29 is 9.53 Å². The Labute approximate surface area is 268 Å². The number of aryl methyl sites for hydroxylation is 1. The fourth-order valence-electron chi connectivity index (χ4n) is 5.87. The van der Waals surface area contributed by atoms with Gasteiger partial charge in [-0.15, -0.1) is 0 Å². The van der Waals surface area contributed by atoms with Crippen molar-refractivity contribution in [3.05, 3.63) is 101 Å². The normalized spacial score (nSPS) is 15.4. The molecule has 0 aliphatic carbocycles. The van der Waals surface area contributed by atoms with Crippen LogP contribution in [0.5, 0.6) is 5.75 Å². The van der Waals surface area contributed by atoms with Gasteiger partial charge in [0.1, 0.15) is 16.7 Å². The number of piperazine rings is 2. The number of aromatic nitrogens is 2. The molecular weight excluding hydrogens is 592 g/mol. The van der Waals surface area contributed by atoms with Gasteiger partial charge in [-0.05, 0) is 48.4 Å². The molecule has 6 rings (SSSR count). The van der Waals surface area contributed by atoms with Crippen LogP contribution in [0.3, 0.4) is 0 Å². The summed E-state index contributed by atoms with van der Waals surface area (Å²) in [6.07, 6.45) is 0. The van der Waals surface area contributed by atoms with Crippen LogP contribution < -0.4 is 19.4 Å². The zero-order valence-electron chi connectivity index (χ0n) is 25.2. The maximum atomic E-state index is 13.4. The number of amides is 1. The smallest absolute Gasteiger partial charge is 0.253 e. The van der Waals surface area contributed by atoms with E-state index in [2.05, 4.69) is 56.9 Å². The second-order valence-corrected chi connectivity index (χ2v) is 12.4. The van der Waals surface area contributed by atoms with Gasteiger partial charge in [0, 0.05) is 75.4 Å². The molecule has 3 heterocycles. The molecule has 2 aliphatic rings. The van der Waals surface area contributed by atoms with Crippen molar-refractivity contribution in [2.45, 2.75) is 17.8 Å². The number of methoxy groups -OCH3 is 1. The number of hydrogen-bond donors (Lipinski definition) is 0. The number of halogens is 1. The SMILES string of the molecule is COc1ccccc1N1CCN(C(=O)c2cccc(CSc3nc(Cl)cc(N4CCN(c5ccccc5C)CC4)n3)c2)CC1.